The molecule has 0 aromatic heterocycles. The zero-order valence-electron chi connectivity index (χ0n) is 9.83. The van der Waals surface area contributed by atoms with Crippen LogP contribution in [0.25, 0.3) is 0 Å². The van der Waals surface area contributed by atoms with E-state index >= 15 is 0 Å². The Morgan fingerprint density at radius 3 is 2.82 bits per heavy atom. The molecule has 1 aromatic carbocycles. The van der Waals surface area contributed by atoms with Crippen LogP contribution in [-0.2, 0) is 0 Å². The molecule has 0 radical (unpaired) electrons. The van der Waals surface area contributed by atoms with Crippen LogP contribution in [-0.4, -0.2) is 12.1 Å². The van der Waals surface area contributed by atoms with Crippen LogP contribution < -0.4 is 11.1 Å². The lowest BCUT2D eigenvalue weighted by Crippen LogP contribution is -2.44. The Morgan fingerprint density at radius 1 is 1.59 bits per heavy atom. The lowest BCUT2D eigenvalue weighted by Gasteiger charge is -2.31. The van der Waals surface area contributed by atoms with E-state index in [9.17, 15) is 0 Å². The molecule has 4 heteroatoms. The first-order chi connectivity index (χ1) is 8.09. The Kier molecular flexibility index (Phi) is 3.28. The summed E-state index contributed by atoms with van der Waals surface area (Å²) in [6, 6.07) is 7.46. The summed E-state index contributed by atoms with van der Waals surface area (Å²) < 4.78 is 0. The van der Waals surface area contributed by atoms with Crippen LogP contribution in [0.4, 0.5) is 5.69 Å². The van der Waals surface area contributed by atoms with Gasteiger partial charge in [-0.3, -0.25) is 0 Å². The number of anilines is 1. The summed E-state index contributed by atoms with van der Waals surface area (Å²) >= 11 is 5.87. The molecule has 3 N–H and O–H groups in total. The van der Waals surface area contributed by atoms with E-state index in [0.29, 0.717) is 23.0 Å². The molecule has 1 aromatic rings. The van der Waals surface area contributed by atoms with E-state index in [1.807, 2.05) is 6.07 Å². The van der Waals surface area contributed by atoms with Gasteiger partial charge in [0.05, 0.1) is 11.3 Å². The fourth-order valence-corrected chi connectivity index (χ4v) is 2.24. The number of nitrogens with two attached hydrogens (primary N) is 1. The van der Waals surface area contributed by atoms with Crippen LogP contribution in [0.1, 0.15) is 25.3 Å². The van der Waals surface area contributed by atoms with Gasteiger partial charge in [0.15, 0.2) is 0 Å². The standard InChI is InChI=1S/C13H16ClN3/c1-13(8-16,10-2-3-10)17-12-5-4-11(14)6-9(12)7-15/h4-6,10,17H,2-3,8,16H2,1H3. The van der Waals surface area contributed by atoms with Gasteiger partial charge in [0.2, 0.25) is 0 Å². The molecule has 1 saturated carbocycles. The van der Waals surface area contributed by atoms with Crippen LogP contribution in [0.5, 0.6) is 0 Å². The topological polar surface area (TPSA) is 61.8 Å². The molecule has 0 heterocycles. The van der Waals surface area contributed by atoms with Gasteiger partial charge in [-0.15, -0.1) is 0 Å². The largest absolute Gasteiger partial charge is 0.377 e. The molecule has 1 atom stereocenters. The highest BCUT2D eigenvalue weighted by Crippen LogP contribution is 2.41. The maximum Gasteiger partial charge on any atom is 0.101 e. The number of hydrogen-bond donors (Lipinski definition) is 2. The molecule has 0 saturated heterocycles. The van der Waals surface area contributed by atoms with Crippen molar-refractivity contribution in [2.24, 2.45) is 11.7 Å². The summed E-state index contributed by atoms with van der Waals surface area (Å²) in [5, 5.41) is 13.1. The lowest BCUT2D eigenvalue weighted by molar-refractivity contribution is 0.459. The summed E-state index contributed by atoms with van der Waals surface area (Å²) in [7, 11) is 0. The van der Waals surface area contributed by atoms with E-state index in [2.05, 4.69) is 18.3 Å². The molecule has 0 spiro atoms. The van der Waals surface area contributed by atoms with Crippen LogP contribution in [0.15, 0.2) is 18.2 Å². The fraction of sp³-hybridized carbons (Fsp3) is 0.462. The van der Waals surface area contributed by atoms with E-state index < -0.39 is 0 Å². The van der Waals surface area contributed by atoms with E-state index in [0.717, 1.165) is 5.69 Å². The SMILES string of the molecule is CC(CN)(Nc1ccc(Cl)cc1C#N)C1CC1. The van der Waals surface area contributed by atoms with Crippen molar-refractivity contribution in [3.63, 3.8) is 0 Å². The van der Waals surface area contributed by atoms with E-state index in [1.54, 1.807) is 12.1 Å². The summed E-state index contributed by atoms with van der Waals surface area (Å²) in [6.07, 6.45) is 2.41. The Morgan fingerprint density at radius 2 is 2.29 bits per heavy atom. The zero-order chi connectivity index (χ0) is 12.5. The third-order valence-corrected chi connectivity index (χ3v) is 3.66. The van der Waals surface area contributed by atoms with Gasteiger partial charge in [-0.2, -0.15) is 5.26 Å². The molecule has 1 aliphatic rings. The number of nitrogens with zero attached hydrogens (tertiary/aromatic N) is 1. The number of hydrogen-bond acceptors (Lipinski definition) is 3. The van der Waals surface area contributed by atoms with Crippen molar-refractivity contribution in [1.29, 1.82) is 5.26 Å². The molecule has 90 valence electrons. The lowest BCUT2D eigenvalue weighted by atomic mass is 9.95. The molecule has 2 rings (SSSR count). The van der Waals surface area contributed by atoms with Crippen molar-refractivity contribution >= 4 is 17.3 Å². The first-order valence-corrected chi connectivity index (χ1v) is 6.15. The summed E-state index contributed by atoms with van der Waals surface area (Å²) in [5.74, 6) is 0.606. The molecular formula is C13H16ClN3. The first kappa shape index (κ1) is 12.2. The van der Waals surface area contributed by atoms with Crippen molar-refractivity contribution < 1.29 is 0 Å². The van der Waals surface area contributed by atoms with Gasteiger partial charge in [0.25, 0.3) is 0 Å². The number of nitrogens with one attached hydrogen (secondary N) is 1. The average Bonchev–Trinajstić information content (AvgIpc) is 3.15. The Bertz CT molecular complexity index is 462. The van der Waals surface area contributed by atoms with Gasteiger partial charge >= 0.3 is 0 Å². The smallest absolute Gasteiger partial charge is 0.101 e. The molecule has 3 nitrogen and oxygen atoms in total. The van der Waals surface area contributed by atoms with Crippen LogP contribution >= 0.6 is 11.6 Å². The minimum atomic E-state index is -0.126. The number of benzene rings is 1. The van der Waals surface area contributed by atoms with Gasteiger partial charge in [0, 0.05) is 17.1 Å². The van der Waals surface area contributed by atoms with E-state index in [4.69, 9.17) is 22.6 Å². The predicted molar refractivity (Wildman–Crippen MR) is 70.0 cm³/mol. The van der Waals surface area contributed by atoms with Crippen LogP contribution in [0.3, 0.4) is 0 Å². The van der Waals surface area contributed by atoms with E-state index in [1.165, 1.54) is 12.8 Å². The quantitative estimate of drug-likeness (QED) is 0.863. The maximum atomic E-state index is 9.09. The van der Waals surface area contributed by atoms with Crippen molar-refractivity contribution in [3.05, 3.63) is 28.8 Å². The second-order valence-electron chi connectivity index (χ2n) is 4.82. The second-order valence-corrected chi connectivity index (χ2v) is 5.26. The van der Waals surface area contributed by atoms with Crippen molar-refractivity contribution in [3.8, 4) is 6.07 Å². The highest BCUT2D eigenvalue weighted by atomic mass is 35.5. The minimum absolute atomic E-state index is 0.126. The molecule has 1 aliphatic carbocycles. The molecule has 1 fully saturated rings. The van der Waals surface area contributed by atoms with Gasteiger partial charge in [-0.25, -0.2) is 0 Å². The third kappa shape index (κ3) is 2.54. The number of rotatable bonds is 4. The highest BCUT2D eigenvalue weighted by Gasteiger charge is 2.40. The summed E-state index contributed by atoms with van der Waals surface area (Å²) in [5.41, 5.74) is 7.10. The Balaban J connectivity index is 2.26. The van der Waals surface area contributed by atoms with Crippen LogP contribution in [0.2, 0.25) is 5.02 Å². The summed E-state index contributed by atoms with van der Waals surface area (Å²) in [6.45, 7) is 2.67. The highest BCUT2D eigenvalue weighted by molar-refractivity contribution is 6.30. The molecular weight excluding hydrogens is 234 g/mol. The molecule has 0 amide bonds. The van der Waals surface area contributed by atoms with Gasteiger partial charge in [0.1, 0.15) is 6.07 Å². The minimum Gasteiger partial charge on any atom is -0.377 e. The molecule has 0 bridgehead atoms. The second kappa shape index (κ2) is 4.56. The van der Waals surface area contributed by atoms with E-state index in [-0.39, 0.29) is 5.54 Å². The normalized spacial score (nSPS) is 18.2. The number of nitriles is 1. The Hall–Kier alpha value is -1.24. The van der Waals surface area contributed by atoms with Gasteiger partial charge < -0.3 is 11.1 Å². The van der Waals surface area contributed by atoms with Crippen LogP contribution in [0, 0.1) is 17.2 Å². The third-order valence-electron chi connectivity index (χ3n) is 3.42. The van der Waals surface area contributed by atoms with Gasteiger partial charge in [-0.05, 0) is 43.9 Å². The maximum absolute atomic E-state index is 9.09. The summed E-state index contributed by atoms with van der Waals surface area (Å²) in [4.78, 5) is 0. The average molecular weight is 250 g/mol. The van der Waals surface area contributed by atoms with Gasteiger partial charge in [-0.1, -0.05) is 11.6 Å². The molecule has 0 aliphatic heterocycles. The zero-order valence-corrected chi connectivity index (χ0v) is 10.6. The predicted octanol–water partition coefficient (Wildman–Crippen LogP) is 2.75. The van der Waals surface area contributed by atoms with Crippen molar-refractivity contribution in [2.45, 2.75) is 25.3 Å². The fourth-order valence-electron chi connectivity index (χ4n) is 2.07. The first-order valence-electron chi connectivity index (χ1n) is 5.77. The molecule has 1 unspecified atom stereocenters. The molecule has 17 heavy (non-hydrogen) atoms. The van der Waals surface area contributed by atoms with Crippen molar-refractivity contribution in [2.75, 3.05) is 11.9 Å². The number of halogens is 1. The Labute approximate surface area is 107 Å². The monoisotopic (exact) mass is 249 g/mol. The van der Waals surface area contributed by atoms with Crippen molar-refractivity contribution in [1.82, 2.24) is 0 Å².